The monoisotopic (exact) mass is 343 g/mol. The number of ether oxygens (including phenoxy) is 1. The van der Waals surface area contributed by atoms with E-state index in [2.05, 4.69) is 10.5 Å². The Hall–Kier alpha value is -2.80. The molecule has 24 heavy (non-hydrogen) atoms. The quantitative estimate of drug-likeness (QED) is 0.742. The highest BCUT2D eigenvalue weighted by Gasteiger charge is 2.23. The van der Waals surface area contributed by atoms with Crippen molar-refractivity contribution in [3.8, 4) is 16.3 Å². The maximum absolute atomic E-state index is 12.6. The first-order valence-electron chi connectivity index (χ1n) is 7.32. The van der Waals surface area contributed by atoms with Crippen molar-refractivity contribution in [2.45, 2.75) is 13.5 Å². The predicted octanol–water partition coefficient (Wildman–Crippen LogP) is 3.23. The van der Waals surface area contributed by atoms with Gasteiger partial charge >= 0.3 is 0 Å². The van der Waals surface area contributed by atoms with Crippen molar-refractivity contribution >= 4 is 23.1 Å². The third-order valence-electron chi connectivity index (χ3n) is 3.55. The van der Waals surface area contributed by atoms with E-state index in [1.165, 1.54) is 11.3 Å². The van der Waals surface area contributed by atoms with Gasteiger partial charge in [0, 0.05) is 17.0 Å². The summed E-state index contributed by atoms with van der Waals surface area (Å²) in [4.78, 5) is 14.5. The Morgan fingerprint density at radius 3 is 2.83 bits per heavy atom. The molecule has 0 aliphatic heterocycles. The zero-order valence-corrected chi connectivity index (χ0v) is 14.1. The smallest absolute Gasteiger partial charge is 0.259 e. The lowest BCUT2D eigenvalue weighted by molar-refractivity contribution is 0.0952. The van der Waals surface area contributed by atoms with Gasteiger partial charge in [-0.15, -0.1) is 11.3 Å². The van der Waals surface area contributed by atoms with Gasteiger partial charge in [-0.1, -0.05) is 23.4 Å². The molecule has 0 radical (unpaired) electrons. The van der Waals surface area contributed by atoms with Gasteiger partial charge in [0.2, 0.25) is 5.88 Å². The van der Waals surface area contributed by atoms with Gasteiger partial charge in [-0.2, -0.15) is 0 Å². The summed E-state index contributed by atoms with van der Waals surface area (Å²) >= 11 is 1.53. The molecule has 0 saturated heterocycles. The molecule has 3 N–H and O–H groups in total. The fraction of sp³-hybridized carbons (Fsp3) is 0.176. The van der Waals surface area contributed by atoms with E-state index < -0.39 is 0 Å². The van der Waals surface area contributed by atoms with Crippen LogP contribution in [0.15, 0.2) is 40.9 Å². The van der Waals surface area contributed by atoms with E-state index in [1.807, 2.05) is 43.3 Å². The number of nitrogens with zero attached hydrogens (tertiary/aromatic N) is 1. The van der Waals surface area contributed by atoms with Crippen LogP contribution >= 0.6 is 11.3 Å². The second kappa shape index (κ2) is 6.76. The molecule has 3 aromatic rings. The van der Waals surface area contributed by atoms with E-state index in [0.29, 0.717) is 18.0 Å². The first kappa shape index (κ1) is 16.1. The average molecular weight is 343 g/mol. The van der Waals surface area contributed by atoms with Crippen molar-refractivity contribution in [1.82, 2.24) is 10.5 Å². The van der Waals surface area contributed by atoms with Gasteiger partial charge in [0.05, 0.1) is 12.0 Å². The minimum absolute atomic E-state index is 0.00794. The maximum Gasteiger partial charge on any atom is 0.259 e. The molecule has 2 aromatic heterocycles. The lowest BCUT2D eigenvalue weighted by Crippen LogP contribution is -2.24. The summed E-state index contributed by atoms with van der Waals surface area (Å²) in [5, 5.41) is 6.77. The summed E-state index contributed by atoms with van der Waals surface area (Å²) < 4.78 is 10.3. The fourth-order valence-electron chi connectivity index (χ4n) is 2.37. The van der Waals surface area contributed by atoms with Gasteiger partial charge in [0.25, 0.3) is 5.91 Å². The Morgan fingerprint density at radius 2 is 2.12 bits per heavy atom. The van der Waals surface area contributed by atoms with Crippen LogP contribution in [-0.4, -0.2) is 18.2 Å². The molecule has 3 rings (SSSR count). The molecule has 0 saturated carbocycles. The number of para-hydroxylation sites is 1. The number of carbonyl (C=O) groups is 1. The Morgan fingerprint density at radius 1 is 1.33 bits per heavy atom. The Labute approximate surface area is 143 Å². The van der Waals surface area contributed by atoms with Crippen molar-refractivity contribution in [1.29, 1.82) is 0 Å². The van der Waals surface area contributed by atoms with Gasteiger partial charge in [-0.25, -0.2) is 0 Å². The topological polar surface area (TPSA) is 90.4 Å². The molecule has 0 atom stereocenters. The van der Waals surface area contributed by atoms with Gasteiger partial charge in [-0.3, -0.25) is 4.79 Å². The molecular weight excluding hydrogens is 326 g/mol. The molecule has 124 valence electrons. The van der Waals surface area contributed by atoms with Gasteiger partial charge in [0.15, 0.2) is 0 Å². The first-order valence-corrected chi connectivity index (χ1v) is 8.14. The van der Waals surface area contributed by atoms with Crippen molar-refractivity contribution in [3.05, 3.63) is 52.4 Å². The number of benzene rings is 1. The standard InChI is InChI=1S/C17H17N3O3S/c1-10-7-8-13(24-10)15-14(16(18)23-20-15)17(21)19-9-11-5-3-4-6-12(11)22-2/h3-8H,9,18H2,1-2H3,(H,19,21). The Balaban J connectivity index is 1.82. The number of carbonyl (C=O) groups excluding carboxylic acids is 1. The second-order valence-electron chi connectivity index (χ2n) is 5.18. The van der Waals surface area contributed by atoms with Crippen molar-refractivity contribution in [3.63, 3.8) is 0 Å². The van der Waals surface area contributed by atoms with E-state index in [-0.39, 0.29) is 17.4 Å². The molecule has 0 bridgehead atoms. The number of nitrogens with two attached hydrogens (primary N) is 1. The molecule has 1 amide bonds. The van der Waals surface area contributed by atoms with Crippen LogP contribution in [0.3, 0.4) is 0 Å². The zero-order chi connectivity index (χ0) is 17.1. The molecule has 0 aliphatic rings. The number of methoxy groups -OCH3 is 1. The van der Waals surface area contributed by atoms with E-state index in [1.54, 1.807) is 7.11 Å². The lowest BCUT2D eigenvalue weighted by atomic mass is 10.1. The number of amides is 1. The summed E-state index contributed by atoms with van der Waals surface area (Å²) in [7, 11) is 1.59. The second-order valence-corrected chi connectivity index (χ2v) is 6.46. The third kappa shape index (κ3) is 3.11. The maximum atomic E-state index is 12.6. The molecule has 2 heterocycles. The number of anilines is 1. The van der Waals surface area contributed by atoms with Crippen molar-refractivity contribution < 1.29 is 14.1 Å². The highest BCUT2D eigenvalue weighted by molar-refractivity contribution is 7.15. The first-order chi connectivity index (χ1) is 11.6. The molecule has 7 heteroatoms. The van der Waals surface area contributed by atoms with E-state index in [9.17, 15) is 4.79 Å². The number of aryl methyl sites for hydroxylation is 1. The Bertz CT molecular complexity index is 870. The molecule has 1 aromatic carbocycles. The summed E-state index contributed by atoms with van der Waals surface area (Å²) in [5.41, 5.74) is 7.39. The number of thiophene rings is 1. The zero-order valence-electron chi connectivity index (χ0n) is 13.3. The SMILES string of the molecule is COc1ccccc1CNC(=O)c1c(-c2ccc(C)s2)noc1N. The fourth-order valence-corrected chi connectivity index (χ4v) is 3.22. The number of nitrogens with one attached hydrogen (secondary N) is 1. The number of aromatic nitrogens is 1. The van der Waals surface area contributed by atoms with Gasteiger partial charge in [0.1, 0.15) is 17.0 Å². The minimum atomic E-state index is -0.333. The summed E-state index contributed by atoms with van der Waals surface area (Å²) in [6, 6.07) is 11.3. The van der Waals surface area contributed by atoms with Crippen LogP contribution in [-0.2, 0) is 6.54 Å². The molecule has 0 unspecified atom stereocenters. The van der Waals surface area contributed by atoms with Crippen LogP contribution in [0.4, 0.5) is 5.88 Å². The third-order valence-corrected chi connectivity index (χ3v) is 4.56. The average Bonchev–Trinajstić information content (AvgIpc) is 3.18. The van der Waals surface area contributed by atoms with Gasteiger partial charge in [-0.05, 0) is 25.1 Å². The summed E-state index contributed by atoms with van der Waals surface area (Å²) in [6.07, 6.45) is 0. The van der Waals surface area contributed by atoms with E-state index in [0.717, 1.165) is 15.3 Å². The molecule has 0 spiro atoms. The van der Waals surface area contributed by atoms with Crippen LogP contribution < -0.4 is 15.8 Å². The highest BCUT2D eigenvalue weighted by Crippen LogP contribution is 2.32. The number of nitrogen functional groups attached to an aromatic ring is 1. The predicted molar refractivity (Wildman–Crippen MR) is 93.1 cm³/mol. The molecular formula is C17H17N3O3S. The molecule has 6 nitrogen and oxygen atoms in total. The lowest BCUT2D eigenvalue weighted by Gasteiger charge is -2.09. The highest BCUT2D eigenvalue weighted by atomic mass is 32.1. The van der Waals surface area contributed by atoms with Crippen LogP contribution in [0.5, 0.6) is 5.75 Å². The van der Waals surface area contributed by atoms with E-state index >= 15 is 0 Å². The molecule has 0 fully saturated rings. The van der Waals surface area contributed by atoms with E-state index in [4.69, 9.17) is 15.0 Å². The van der Waals surface area contributed by atoms with Gasteiger partial charge < -0.3 is 20.3 Å². The Kier molecular flexibility index (Phi) is 4.52. The number of hydrogen-bond acceptors (Lipinski definition) is 6. The number of rotatable bonds is 5. The van der Waals surface area contributed by atoms with Crippen LogP contribution in [0, 0.1) is 6.92 Å². The van der Waals surface area contributed by atoms with Crippen LogP contribution in [0.25, 0.3) is 10.6 Å². The largest absolute Gasteiger partial charge is 0.496 e. The minimum Gasteiger partial charge on any atom is -0.496 e. The molecule has 0 aliphatic carbocycles. The normalized spacial score (nSPS) is 10.6. The van der Waals surface area contributed by atoms with Crippen molar-refractivity contribution in [2.24, 2.45) is 0 Å². The van der Waals surface area contributed by atoms with Crippen molar-refractivity contribution in [2.75, 3.05) is 12.8 Å². The summed E-state index contributed by atoms with van der Waals surface area (Å²) in [6.45, 7) is 2.30. The number of hydrogen-bond donors (Lipinski definition) is 2. The summed E-state index contributed by atoms with van der Waals surface area (Å²) in [5.74, 6) is 0.388. The van der Waals surface area contributed by atoms with Crippen LogP contribution in [0.1, 0.15) is 20.8 Å². The van der Waals surface area contributed by atoms with Crippen LogP contribution in [0.2, 0.25) is 0 Å².